The number of nitrogens with one attached hydrogen (secondary N) is 2. The van der Waals surface area contributed by atoms with Crippen LogP contribution in [0.2, 0.25) is 5.02 Å². The molecule has 0 bridgehead atoms. The standard InChI is InChI=1S/C22H19ClN2O2S/c1-14-7-8-16(13-18(14)23)20-11-9-17(27-20)10-12-21(26)25-22(28)24-19-6-4-3-5-15(19)2/h3-13H,1-2H3,(H2,24,25,26,28)/b12-10+. The molecule has 2 aromatic carbocycles. The summed E-state index contributed by atoms with van der Waals surface area (Å²) in [5.74, 6) is 0.890. The normalized spacial score (nSPS) is 10.8. The third-order valence-electron chi connectivity index (χ3n) is 4.11. The van der Waals surface area contributed by atoms with Crippen molar-refractivity contribution >= 4 is 46.6 Å². The van der Waals surface area contributed by atoms with Gasteiger partial charge in [0.25, 0.3) is 0 Å². The fourth-order valence-electron chi connectivity index (χ4n) is 2.52. The Labute approximate surface area is 174 Å². The van der Waals surface area contributed by atoms with Gasteiger partial charge in [-0.05, 0) is 67.5 Å². The molecule has 0 atom stereocenters. The zero-order valence-corrected chi connectivity index (χ0v) is 17.0. The number of para-hydroxylation sites is 1. The molecule has 0 saturated carbocycles. The third kappa shape index (κ3) is 5.09. The van der Waals surface area contributed by atoms with E-state index in [0.29, 0.717) is 16.5 Å². The lowest BCUT2D eigenvalue weighted by Gasteiger charge is -2.10. The van der Waals surface area contributed by atoms with Crippen LogP contribution in [0.4, 0.5) is 5.69 Å². The van der Waals surface area contributed by atoms with Crippen molar-refractivity contribution in [2.24, 2.45) is 0 Å². The van der Waals surface area contributed by atoms with Crippen molar-refractivity contribution in [3.63, 3.8) is 0 Å². The van der Waals surface area contributed by atoms with Crippen molar-refractivity contribution in [3.8, 4) is 11.3 Å². The number of amides is 1. The van der Waals surface area contributed by atoms with Gasteiger partial charge in [0, 0.05) is 22.3 Å². The number of hydrogen-bond acceptors (Lipinski definition) is 3. The van der Waals surface area contributed by atoms with E-state index in [0.717, 1.165) is 22.4 Å². The summed E-state index contributed by atoms with van der Waals surface area (Å²) in [6.07, 6.45) is 2.96. The first-order valence-electron chi connectivity index (χ1n) is 8.64. The second kappa shape index (κ2) is 8.87. The summed E-state index contributed by atoms with van der Waals surface area (Å²) < 4.78 is 5.76. The maximum atomic E-state index is 12.1. The van der Waals surface area contributed by atoms with Crippen LogP contribution in [-0.2, 0) is 4.79 Å². The van der Waals surface area contributed by atoms with Gasteiger partial charge in [-0.2, -0.15) is 0 Å². The summed E-state index contributed by atoms with van der Waals surface area (Å²) >= 11 is 11.3. The highest BCUT2D eigenvalue weighted by molar-refractivity contribution is 7.80. The second-order valence-corrected chi connectivity index (χ2v) is 7.07. The Kier molecular flexibility index (Phi) is 6.29. The first-order valence-corrected chi connectivity index (χ1v) is 9.43. The average Bonchev–Trinajstić information content (AvgIpc) is 3.13. The van der Waals surface area contributed by atoms with Gasteiger partial charge in [-0.1, -0.05) is 41.9 Å². The molecule has 0 saturated heterocycles. The molecule has 28 heavy (non-hydrogen) atoms. The quantitative estimate of drug-likeness (QED) is 0.425. The summed E-state index contributed by atoms with van der Waals surface area (Å²) in [6, 6.07) is 17.0. The molecule has 6 heteroatoms. The molecule has 3 aromatic rings. The molecule has 2 N–H and O–H groups in total. The fraction of sp³-hybridized carbons (Fsp3) is 0.0909. The molecule has 1 heterocycles. The molecule has 0 aliphatic carbocycles. The van der Waals surface area contributed by atoms with E-state index >= 15 is 0 Å². The maximum Gasteiger partial charge on any atom is 0.250 e. The molecule has 0 unspecified atom stereocenters. The zero-order valence-electron chi connectivity index (χ0n) is 15.5. The molecule has 142 valence electrons. The minimum absolute atomic E-state index is 0.235. The van der Waals surface area contributed by atoms with Gasteiger partial charge in [0.1, 0.15) is 11.5 Å². The first kappa shape index (κ1) is 19.9. The lowest BCUT2D eigenvalue weighted by Crippen LogP contribution is -2.33. The summed E-state index contributed by atoms with van der Waals surface area (Å²) in [4.78, 5) is 12.1. The second-order valence-electron chi connectivity index (χ2n) is 6.26. The van der Waals surface area contributed by atoms with Crippen molar-refractivity contribution in [1.82, 2.24) is 5.32 Å². The molecule has 4 nitrogen and oxygen atoms in total. The van der Waals surface area contributed by atoms with E-state index in [2.05, 4.69) is 10.6 Å². The van der Waals surface area contributed by atoms with Crippen LogP contribution in [0.3, 0.4) is 0 Å². The molecule has 1 amide bonds. The van der Waals surface area contributed by atoms with E-state index in [1.165, 1.54) is 6.08 Å². The number of rotatable bonds is 4. The smallest absolute Gasteiger partial charge is 0.250 e. The summed E-state index contributed by atoms with van der Waals surface area (Å²) in [6.45, 7) is 3.90. The van der Waals surface area contributed by atoms with Crippen molar-refractivity contribution in [3.05, 3.63) is 82.6 Å². The first-order chi connectivity index (χ1) is 13.4. The number of thiocarbonyl (C=S) groups is 1. The number of benzene rings is 2. The van der Waals surface area contributed by atoms with E-state index in [-0.39, 0.29) is 11.0 Å². The van der Waals surface area contributed by atoms with E-state index in [4.69, 9.17) is 28.2 Å². The van der Waals surface area contributed by atoms with Crippen LogP contribution in [-0.4, -0.2) is 11.0 Å². The van der Waals surface area contributed by atoms with Crippen LogP contribution in [0.1, 0.15) is 16.9 Å². The SMILES string of the molecule is Cc1ccc(-c2ccc(/C=C/C(=O)NC(=S)Nc3ccccc3C)o2)cc1Cl. The van der Waals surface area contributed by atoms with Crippen LogP contribution in [0, 0.1) is 13.8 Å². The molecular formula is C22H19ClN2O2S. The minimum atomic E-state index is -0.345. The molecule has 0 radical (unpaired) electrons. The van der Waals surface area contributed by atoms with Crippen LogP contribution in [0.5, 0.6) is 0 Å². The number of aryl methyl sites for hydroxylation is 2. The van der Waals surface area contributed by atoms with Gasteiger partial charge in [-0.3, -0.25) is 10.1 Å². The Morgan fingerprint density at radius 2 is 1.86 bits per heavy atom. The van der Waals surface area contributed by atoms with Crippen LogP contribution in [0.15, 0.2) is 65.1 Å². The lowest BCUT2D eigenvalue weighted by molar-refractivity contribution is -0.115. The van der Waals surface area contributed by atoms with Crippen LogP contribution in [0.25, 0.3) is 17.4 Å². The zero-order chi connectivity index (χ0) is 20.1. The van der Waals surface area contributed by atoms with Gasteiger partial charge in [-0.15, -0.1) is 0 Å². The van der Waals surface area contributed by atoms with Gasteiger partial charge in [0.15, 0.2) is 5.11 Å². The minimum Gasteiger partial charge on any atom is -0.457 e. The van der Waals surface area contributed by atoms with Crippen molar-refractivity contribution in [2.75, 3.05) is 5.32 Å². The molecular weight excluding hydrogens is 392 g/mol. The molecule has 3 rings (SSSR count). The predicted molar refractivity (Wildman–Crippen MR) is 118 cm³/mol. The summed E-state index contributed by atoms with van der Waals surface area (Å²) in [5, 5.41) is 6.53. The number of carbonyl (C=O) groups is 1. The number of hydrogen-bond donors (Lipinski definition) is 2. The monoisotopic (exact) mass is 410 g/mol. The van der Waals surface area contributed by atoms with E-state index in [9.17, 15) is 4.79 Å². The highest BCUT2D eigenvalue weighted by Gasteiger charge is 2.07. The summed E-state index contributed by atoms with van der Waals surface area (Å²) in [5.41, 5.74) is 3.77. The highest BCUT2D eigenvalue weighted by Crippen LogP contribution is 2.27. The average molecular weight is 411 g/mol. The Morgan fingerprint density at radius 3 is 2.61 bits per heavy atom. The molecule has 1 aromatic heterocycles. The molecule has 0 aliphatic rings. The van der Waals surface area contributed by atoms with E-state index < -0.39 is 0 Å². The molecule has 0 spiro atoms. The third-order valence-corrected chi connectivity index (χ3v) is 4.72. The van der Waals surface area contributed by atoms with Gasteiger partial charge >= 0.3 is 0 Å². The fourth-order valence-corrected chi connectivity index (χ4v) is 2.91. The predicted octanol–water partition coefficient (Wildman–Crippen LogP) is 5.74. The van der Waals surface area contributed by atoms with Crippen molar-refractivity contribution in [2.45, 2.75) is 13.8 Å². The summed E-state index contributed by atoms with van der Waals surface area (Å²) in [7, 11) is 0. The van der Waals surface area contributed by atoms with Crippen LogP contribution >= 0.6 is 23.8 Å². The largest absolute Gasteiger partial charge is 0.457 e. The Bertz CT molecular complexity index is 1060. The molecule has 0 aliphatic heterocycles. The number of anilines is 1. The Balaban J connectivity index is 1.60. The number of carbonyl (C=O) groups excluding carboxylic acids is 1. The van der Waals surface area contributed by atoms with Gasteiger partial charge < -0.3 is 9.73 Å². The number of halogens is 1. The van der Waals surface area contributed by atoms with Crippen LogP contribution < -0.4 is 10.6 Å². The number of furan rings is 1. The maximum absolute atomic E-state index is 12.1. The topological polar surface area (TPSA) is 54.3 Å². The van der Waals surface area contributed by atoms with Gasteiger partial charge in [0.2, 0.25) is 5.91 Å². The van der Waals surface area contributed by atoms with Gasteiger partial charge in [-0.25, -0.2) is 0 Å². The van der Waals surface area contributed by atoms with Crippen molar-refractivity contribution < 1.29 is 9.21 Å². The Hall–Kier alpha value is -2.89. The Morgan fingerprint density at radius 1 is 1.07 bits per heavy atom. The lowest BCUT2D eigenvalue weighted by atomic mass is 10.1. The van der Waals surface area contributed by atoms with E-state index in [1.807, 2.05) is 62.4 Å². The molecule has 0 fully saturated rings. The van der Waals surface area contributed by atoms with Crippen molar-refractivity contribution in [1.29, 1.82) is 0 Å². The van der Waals surface area contributed by atoms with Gasteiger partial charge in [0.05, 0.1) is 0 Å². The van der Waals surface area contributed by atoms with E-state index in [1.54, 1.807) is 12.1 Å². The highest BCUT2D eigenvalue weighted by atomic mass is 35.5.